The van der Waals surface area contributed by atoms with Gasteiger partial charge in [0.05, 0.1) is 11.5 Å². The van der Waals surface area contributed by atoms with E-state index >= 15 is 0 Å². The van der Waals surface area contributed by atoms with Gasteiger partial charge in [-0.2, -0.15) is 4.31 Å². The summed E-state index contributed by atoms with van der Waals surface area (Å²) in [6.07, 6.45) is 4.32. The second-order valence-electron chi connectivity index (χ2n) is 4.68. The largest absolute Gasteiger partial charge is 0.229 e. The van der Waals surface area contributed by atoms with Crippen molar-refractivity contribution in [3.8, 4) is 0 Å². The molecule has 0 bridgehead atoms. The third-order valence-electron chi connectivity index (χ3n) is 3.08. The number of nitrogens with zero attached hydrogens (tertiary/aromatic N) is 1. The Kier molecular flexibility index (Phi) is 5.89. The number of rotatable bonds is 6. The lowest BCUT2D eigenvalue weighted by atomic mass is 10.0. The highest BCUT2D eigenvalue weighted by Crippen LogP contribution is 2.23. The normalized spacial score (nSPS) is 23.1. The fraction of sp³-hybridized carbons (Fsp3) is 1.00. The van der Waals surface area contributed by atoms with Crippen LogP contribution < -0.4 is 0 Å². The highest BCUT2D eigenvalue weighted by molar-refractivity contribution is 7.93. The Balaban J connectivity index is 2.74. The minimum Gasteiger partial charge on any atom is -0.229 e. The summed E-state index contributed by atoms with van der Waals surface area (Å²) < 4.78 is 47.8. The van der Waals surface area contributed by atoms with Crippen LogP contribution in [0.3, 0.4) is 0 Å². The zero-order valence-electron chi connectivity index (χ0n) is 10.5. The number of hydrogen-bond acceptors (Lipinski definition) is 4. The van der Waals surface area contributed by atoms with Gasteiger partial charge in [0.2, 0.25) is 10.0 Å². The van der Waals surface area contributed by atoms with Gasteiger partial charge in [-0.25, -0.2) is 16.8 Å². The molecular formula is C10H20ClNO4S2. The molecular weight excluding hydrogens is 298 g/mol. The maximum Gasteiger partial charge on any atom is 0.215 e. The zero-order chi connectivity index (χ0) is 13.8. The smallest absolute Gasteiger partial charge is 0.215 e. The van der Waals surface area contributed by atoms with Crippen LogP contribution in [0.5, 0.6) is 0 Å². The number of sulfonamides is 1. The number of alkyl halides is 1. The number of sulfone groups is 1. The van der Waals surface area contributed by atoms with E-state index in [2.05, 4.69) is 0 Å². The predicted molar refractivity (Wildman–Crippen MR) is 73.2 cm³/mol. The Morgan fingerprint density at radius 3 is 2.39 bits per heavy atom. The van der Waals surface area contributed by atoms with Crippen LogP contribution in [-0.2, 0) is 19.9 Å². The minimum absolute atomic E-state index is 0.0687. The summed E-state index contributed by atoms with van der Waals surface area (Å²) in [7, 11) is -6.75. The van der Waals surface area contributed by atoms with Crippen molar-refractivity contribution >= 4 is 31.5 Å². The van der Waals surface area contributed by atoms with E-state index in [9.17, 15) is 16.8 Å². The Morgan fingerprint density at radius 1 is 1.17 bits per heavy atom. The lowest BCUT2D eigenvalue weighted by Crippen LogP contribution is -2.45. The van der Waals surface area contributed by atoms with Crippen LogP contribution in [0.25, 0.3) is 0 Å². The average Bonchev–Trinajstić information content (AvgIpc) is 2.27. The lowest BCUT2D eigenvalue weighted by molar-refractivity contribution is 0.248. The first-order valence-electron chi connectivity index (χ1n) is 5.99. The number of piperidine rings is 1. The molecule has 1 aliphatic rings. The monoisotopic (exact) mass is 317 g/mol. The third kappa shape index (κ3) is 5.03. The molecule has 1 fully saturated rings. The van der Waals surface area contributed by atoms with E-state index in [-0.39, 0.29) is 17.5 Å². The van der Waals surface area contributed by atoms with Crippen molar-refractivity contribution in [3.63, 3.8) is 0 Å². The zero-order valence-corrected chi connectivity index (χ0v) is 12.9. The summed E-state index contributed by atoms with van der Waals surface area (Å²) in [6.45, 7) is 0.480. The molecule has 5 nitrogen and oxygen atoms in total. The van der Waals surface area contributed by atoms with Crippen LogP contribution in [0, 0.1) is 0 Å². The van der Waals surface area contributed by atoms with Gasteiger partial charge in [-0.05, 0) is 19.3 Å². The van der Waals surface area contributed by atoms with Crippen molar-refractivity contribution in [1.82, 2.24) is 4.31 Å². The van der Waals surface area contributed by atoms with Crippen molar-refractivity contribution < 1.29 is 16.8 Å². The molecule has 0 N–H and O–H groups in total. The van der Waals surface area contributed by atoms with E-state index in [1.165, 1.54) is 4.31 Å². The predicted octanol–water partition coefficient (Wildman–Crippen LogP) is 0.844. The molecule has 0 spiro atoms. The fourth-order valence-corrected chi connectivity index (χ4v) is 5.74. The number of hydrogen-bond donors (Lipinski definition) is 0. The van der Waals surface area contributed by atoms with Crippen LogP contribution in [-0.4, -0.2) is 57.4 Å². The van der Waals surface area contributed by atoms with Crippen LogP contribution in [0.15, 0.2) is 0 Å². The molecule has 1 saturated heterocycles. The molecule has 1 aliphatic heterocycles. The van der Waals surface area contributed by atoms with Crippen LogP contribution in [0.1, 0.15) is 25.7 Å². The van der Waals surface area contributed by atoms with Crippen molar-refractivity contribution in [2.45, 2.75) is 31.7 Å². The van der Waals surface area contributed by atoms with Gasteiger partial charge in [0.15, 0.2) is 0 Å². The van der Waals surface area contributed by atoms with Gasteiger partial charge in [-0.3, -0.25) is 0 Å². The first-order chi connectivity index (χ1) is 8.26. The standard InChI is InChI=1S/C10H20ClNO4S2/c1-17(13,14)8-9-18(15,16)12-7-3-2-4-10(12)5-6-11/h10H,2-9H2,1H3. The molecule has 0 radical (unpaired) electrons. The lowest BCUT2D eigenvalue weighted by Gasteiger charge is -2.34. The summed E-state index contributed by atoms with van der Waals surface area (Å²) in [5.74, 6) is -0.229. The second kappa shape index (κ2) is 6.54. The molecule has 1 heterocycles. The molecule has 18 heavy (non-hydrogen) atoms. The molecule has 0 aromatic heterocycles. The Morgan fingerprint density at radius 2 is 1.83 bits per heavy atom. The third-order valence-corrected chi connectivity index (χ3v) is 6.42. The highest BCUT2D eigenvalue weighted by atomic mass is 35.5. The molecule has 0 aromatic rings. The summed E-state index contributed by atoms with van der Waals surface area (Å²) in [5, 5.41) is 0. The summed E-state index contributed by atoms with van der Waals surface area (Å²) in [6, 6.07) is -0.0687. The SMILES string of the molecule is CS(=O)(=O)CCS(=O)(=O)N1CCCCC1CCCl. The van der Waals surface area contributed by atoms with Gasteiger partial charge in [-0.1, -0.05) is 6.42 Å². The van der Waals surface area contributed by atoms with Crippen molar-refractivity contribution in [3.05, 3.63) is 0 Å². The summed E-state index contributed by atoms with van der Waals surface area (Å²) >= 11 is 5.68. The Hall–Kier alpha value is 0.150. The van der Waals surface area contributed by atoms with E-state index < -0.39 is 19.9 Å². The van der Waals surface area contributed by atoms with Crippen LogP contribution >= 0.6 is 11.6 Å². The van der Waals surface area contributed by atoms with Crippen LogP contribution in [0.4, 0.5) is 0 Å². The van der Waals surface area contributed by atoms with Crippen LogP contribution in [0.2, 0.25) is 0 Å². The van der Waals surface area contributed by atoms with E-state index in [4.69, 9.17) is 11.6 Å². The van der Waals surface area contributed by atoms with E-state index in [1.54, 1.807) is 0 Å². The second-order valence-corrected chi connectivity index (χ2v) is 9.36. The average molecular weight is 318 g/mol. The summed E-state index contributed by atoms with van der Waals surface area (Å²) in [4.78, 5) is 0. The molecule has 108 valence electrons. The molecule has 1 rings (SSSR count). The summed E-state index contributed by atoms with van der Waals surface area (Å²) in [5.41, 5.74) is 0. The first kappa shape index (κ1) is 16.2. The van der Waals surface area contributed by atoms with Crippen molar-refractivity contribution in [1.29, 1.82) is 0 Å². The van der Waals surface area contributed by atoms with Gasteiger partial charge >= 0.3 is 0 Å². The number of halogens is 1. The molecule has 0 saturated carbocycles. The van der Waals surface area contributed by atoms with E-state index in [0.717, 1.165) is 25.5 Å². The van der Waals surface area contributed by atoms with Gasteiger partial charge in [-0.15, -0.1) is 11.6 Å². The van der Waals surface area contributed by atoms with Gasteiger partial charge in [0.25, 0.3) is 0 Å². The maximum absolute atomic E-state index is 12.1. The topological polar surface area (TPSA) is 71.5 Å². The highest BCUT2D eigenvalue weighted by Gasteiger charge is 2.32. The Bertz CT molecular complexity index is 458. The molecule has 0 aromatic carbocycles. The Labute approximate surface area is 114 Å². The quantitative estimate of drug-likeness (QED) is 0.681. The molecule has 0 amide bonds. The van der Waals surface area contributed by atoms with Crippen molar-refractivity contribution in [2.24, 2.45) is 0 Å². The van der Waals surface area contributed by atoms with Crippen molar-refractivity contribution in [2.75, 3.05) is 30.2 Å². The van der Waals surface area contributed by atoms with E-state index in [0.29, 0.717) is 18.8 Å². The molecule has 1 unspecified atom stereocenters. The first-order valence-corrected chi connectivity index (χ1v) is 10.2. The molecule has 0 aliphatic carbocycles. The fourth-order valence-electron chi connectivity index (χ4n) is 2.13. The molecule has 1 atom stereocenters. The molecule has 8 heteroatoms. The van der Waals surface area contributed by atoms with E-state index in [1.807, 2.05) is 0 Å². The van der Waals surface area contributed by atoms with Gasteiger partial charge in [0, 0.05) is 24.7 Å². The van der Waals surface area contributed by atoms with Gasteiger partial charge in [0.1, 0.15) is 9.84 Å². The maximum atomic E-state index is 12.1. The van der Waals surface area contributed by atoms with Gasteiger partial charge < -0.3 is 0 Å². The minimum atomic E-state index is -3.49.